The summed E-state index contributed by atoms with van der Waals surface area (Å²) >= 11 is 0. The lowest BCUT2D eigenvalue weighted by atomic mass is 10.0. The molecule has 3 aliphatic rings. The highest BCUT2D eigenvalue weighted by molar-refractivity contribution is 6.06. The summed E-state index contributed by atoms with van der Waals surface area (Å²) in [6.45, 7) is 4.28. The topological polar surface area (TPSA) is 139 Å². The molecular weight excluding hydrogens is 560 g/mol. The number of benzene rings is 2. The number of anilines is 2. The first-order valence-corrected chi connectivity index (χ1v) is 15.0. The number of aromatic nitrogens is 3. The first-order chi connectivity index (χ1) is 21.4. The third-order valence-corrected chi connectivity index (χ3v) is 9.03. The van der Waals surface area contributed by atoms with Crippen molar-refractivity contribution < 1.29 is 24.2 Å². The average Bonchev–Trinajstić information content (AvgIpc) is 3.55. The fourth-order valence-electron chi connectivity index (χ4n) is 6.47. The molecule has 0 bridgehead atoms. The van der Waals surface area contributed by atoms with E-state index in [2.05, 4.69) is 20.6 Å². The average molecular weight is 595 g/mol. The van der Waals surface area contributed by atoms with E-state index in [1.807, 2.05) is 49.4 Å². The van der Waals surface area contributed by atoms with Crippen LogP contribution in [0.25, 0.3) is 22.0 Å². The van der Waals surface area contributed by atoms with Crippen LogP contribution in [0.4, 0.5) is 16.4 Å². The van der Waals surface area contributed by atoms with Crippen molar-refractivity contribution in [1.29, 1.82) is 0 Å². The molecule has 2 aromatic carbocycles. The van der Waals surface area contributed by atoms with E-state index >= 15 is 0 Å². The lowest BCUT2D eigenvalue weighted by molar-refractivity contribution is -0.118. The number of aryl methyl sites for hydroxylation is 1. The molecule has 1 aliphatic carbocycles. The third-order valence-electron chi connectivity index (χ3n) is 9.03. The van der Waals surface area contributed by atoms with Gasteiger partial charge in [-0.25, -0.2) is 19.7 Å². The van der Waals surface area contributed by atoms with Crippen molar-refractivity contribution in [1.82, 2.24) is 19.9 Å². The molecule has 11 nitrogen and oxygen atoms in total. The van der Waals surface area contributed by atoms with Crippen molar-refractivity contribution in [2.45, 2.75) is 38.6 Å². The van der Waals surface area contributed by atoms with Crippen LogP contribution in [0.2, 0.25) is 0 Å². The minimum Gasteiger partial charge on any atom is -0.465 e. The van der Waals surface area contributed by atoms with Crippen LogP contribution in [-0.2, 0) is 9.53 Å². The van der Waals surface area contributed by atoms with Crippen LogP contribution in [0.3, 0.4) is 0 Å². The maximum Gasteiger partial charge on any atom is 0.407 e. The Morgan fingerprint density at radius 3 is 2.84 bits per heavy atom. The second kappa shape index (κ2) is 11.4. The van der Waals surface area contributed by atoms with Crippen LogP contribution in [0.1, 0.15) is 31.2 Å². The second-order valence-electron chi connectivity index (χ2n) is 12.0. The maximum atomic E-state index is 13.2. The summed E-state index contributed by atoms with van der Waals surface area (Å²) in [4.78, 5) is 39.7. The Morgan fingerprint density at radius 1 is 1.09 bits per heavy atom. The van der Waals surface area contributed by atoms with Gasteiger partial charge in [-0.3, -0.25) is 4.79 Å². The summed E-state index contributed by atoms with van der Waals surface area (Å²) in [6, 6.07) is 15.2. The lowest BCUT2D eigenvalue weighted by Crippen LogP contribution is -2.44. The molecule has 3 N–H and O–H groups in total. The van der Waals surface area contributed by atoms with Gasteiger partial charge in [0.2, 0.25) is 17.7 Å². The van der Waals surface area contributed by atoms with E-state index in [0.717, 1.165) is 54.3 Å². The van der Waals surface area contributed by atoms with E-state index in [4.69, 9.17) is 14.5 Å². The van der Waals surface area contributed by atoms with Gasteiger partial charge in [0.05, 0.1) is 17.9 Å². The van der Waals surface area contributed by atoms with Crippen LogP contribution in [0.5, 0.6) is 11.6 Å². The van der Waals surface area contributed by atoms with Crippen LogP contribution in [0.15, 0.2) is 60.9 Å². The Hall–Kier alpha value is -4.77. The number of likely N-dealkylation sites (tertiary alicyclic amines) is 1. The number of nitrogens with zero attached hydrogens (tertiary/aromatic N) is 4. The molecule has 11 heteroatoms. The van der Waals surface area contributed by atoms with Crippen molar-refractivity contribution in [2.24, 2.45) is 11.3 Å². The number of fused-ring (bicyclic) bond motifs is 1. The van der Waals surface area contributed by atoms with Gasteiger partial charge >= 0.3 is 6.09 Å². The van der Waals surface area contributed by atoms with Gasteiger partial charge in [-0.2, -0.15) is 0 Å². The number of rotatable bonds is 7. The summed E-state index contributed by atoms with van der Waals surface area (Å²) in [5.41, 5.74) is 2.99. The third kappa shape index (κ3) is 5.39. The van der Waals surface area contributed by atoms with Crippen LogP contribution in [0, 0.1) is 18.3 Å². The fourth-order valence-corrected chi connectivity index (χ4v) is 6.47. The molecule has 2 aromatic heterocycles. The SMILES string of the molecule is Cc1ccc2c(NC(=O)C3CC34CCOC4)cccc2c1Oc1ncccc1-c1ccnc(N[C@H]2CCCN(C(=O)O)C2)n1. The summed E-state index contributed by atoms with van der Waals surface area (Å²) in [5, 5.41) is 17.6. The van der Waals surface area contributed by atoms with E-state index in [-0.39, 0.29) is 23.3 Å². The fraction of sp³-hybridized carbons (Fsp3) is 0.364. The molecule has 2 aliphatic heterocycles. The Bertz CT molecular complexity index is 1740. The highest BCUT2D eigenvalue weighted by Gasteiger charge is 2.59. The number of pyridine rings is 1. The van der Waals surface area contributed by atoms with Gasteiger partial charge in [0.15, 0.2) is 0 Å². The van der Waals surface area contributed by atoms with Crippen molar-refractivity contribution in [3.8, 4) is 22.9 Å². The Balaban J connectivity index is 1.14. The molecule has 4 heterocycles. The first-order valence-electron chi connectivity index (χ1n) is 15.0. The predicted octanol–water partition coefficient (Wildman–Crippen LogP) is 5.71. The zero-order chi connectivity index (χ0) is 30.3. The number of ether oxygens (including phenoxy) is 2. The maximum absolute atomic E-state index is 13.2. The summed E-state index contributed by atoms with van der Waals surface area (Å²) in [5.74, 6) is 1.47. The van der Waals surface area contributed by atoms with Crippen LogP contribution < -0.4 is 15.4 Å². The zero-order valence-electron chi connectivity index (χ0n) is 24.5. The largest absolute Gasteiger partial charge is 0.465 e. The zero-order valence-corrected chi connectivity index (χ0v) is 24.5. The Kier molecular flexibility index (Phi) is 7.25. The number of carbonyl (C=O) groups is 2. The Morgan fingerprint density at radius 2 is 2.00 bits per heavy atom. The van der Waals surface area contributed by atoms with Crippen molar-refractivity contribution in [3.63, 3.8) is 0 Å². The number of carboxylic acid groups (broad SMARTS) is 1. The quantitative estimate of drug-likeness (QED) is 0.245. The van der Waals surface area contributed by atoms with E-state index in [1.165, 1.54) is 4.90 Å². The summed E-state index contributed by atoms with van der Waals surface area (Å²) in [7, 11) is 0. The molecule has 1 saturated carbocycles. The normalized spacial score (nSPS) is 22.6. The molecule has 4 aromatic rings. The number of hydrogen-bond acceptors (Lipinski definition) is 8. The number of hydrogen-bond donors (Lipinski definition) is 3. The standard InChI is InChI=1S/C33H34N6O5/c1-20-9-10-22-23(6-2-8-26(22)37-29(40)25-17-33(25)12-16-43-19-33)28(20)44-30-24(7-3-13-34-30)27-11-14-35-31(38-27)36-21-5-4-15-39(18-21)32(41)42/h2-3,6-11,13-14,21,25H,4-5,12,15-19H2,1H3,(H,37,40)(H,41,42)(H,35,36,38)/t21-,25?,33?/m0/s1. The monoisotopic (exact) mass is 594 g/mol. The Labute approximate surface area is 254 Å². The van der Waals surface area contributed by atoms with Gasteiger partial charge in [-0.15, -0.1) is 0 Å². The molecule has 3 fully saturated rings. The van der Waals surface area contributed by atoms with E-state index in [0.29, 0.717) is 48.5 Å². The van der Waals surface area contributed by atoms with Gasteiger partial charge in [-0.1, -0.05) is 24.3 Å². The van der Waals surface area contributed by atoms with Gasteiger partial charge in [0.25, 0.3) is 0 Å². The number of nitrogens with one attached hydrogen (secondary N) is 2. The number of piperidine rings is 1. The lowest BCUT2D eigenvalue weighted by Gasteiger charge is -2.31. The molecular formula is C33H34N6O5. The minimum absolute atomic E-state index is 0.0144. The van der Waals surface area contributed by atoms with Crippen LogP contribution >= 0.6 is 0 Å². The molecule has 2 unspecified atom stereocenters. The van der Waals surface area contributed by atoms with Crippen molar-refractivity contribution >= 4 is 34.4 Å². The molecule has 226 valence electrons. The van der Waals surface area contributed by atoms with E-state index in [1.54, 1.807) is 18.5 Å². The molecule has 44 heavy (non-hydrogen) atoms. The second-order valence-corrected chi connectivity index (χ2v) is 12.0. The highest BCUT2D eigenvalue weighted by Crippen LogP contribution is 2.58. The van der Waals surface area contributed by atoms with E-state index in [9.17, 15) is 14.7 Å². The predicted molar refractivity (Wildman–Crippen MR) is 165 cm³/mol. The number of carbonyl (C=O) groups excluding carboxylic acids is 1. The summed E-state index contributed by atoms with van der Waals surface area (Å²) < 4.78 is 12.1. The van der Waals surface area contributed by atoms with Gasteiger partial charge in [0.1, 0.15) is 5.75 Å². The van der Waals surface area contributed by atoms with Crippen LogP contribution in [-0.4, -0.2) is 69.3 Å². The smallest absolute Gasteiger partial charge is 0.407 e. The van der Waals surface area contributed by atoms with Gasteiger partial charge in [0, 0.05) is 65.9 Å². The van der Waals surface area contributed by atoms with Crippen molar-refractivity contribution in [2.75, 3.05) is 36.9 Å². The molecule has 2 saturated heterocycles. The molecule has 7 rings (SSSR count). The highest BCUT2D eigenvalue weighted by atomic mass is 16.5. The van der Waals surface area contributed by atoms with Gasteiger partial charge < -0.3 is 30.1 Å². The minimum atomic E-state index is -0.919. The number of amides is 2. The van der Waals surface area contributed by atoms with E-state index < -0.39 is 6.09 Å². The first kappa shape index (κ1) is 28.0. The van der Waals surface area contributed by atoms with Gasteiger partial charge in [-0.05, 0) is 62.4 Å². The van der Waals surface area contributed by atoms with Crippen molar-refractivity contribution in [3.05, 3.63) is 66.5 Å². The molecule has 3 atom stereocenters. The molecule has 2 amide bonds. The summed E-state index contributed by atoms with van der Waals surface area (Å²) in [6.07, 6.45) is 5.84. The molecule has 1 spiro atoms. The molecule has 0 radical (unpaired) electrons.